The van der Waals surface area contributed by atoms with Crippen LogP contribution in [0.5, 0.6) is 0 Å². The van der Waals surface area contributed by atoms with E-state index in [0.29, 0.717) is 30.1 Å². The van der Waals surface area contributed by atoms with E-state index in [9.17, 15) is 15.3 Å². The Morgan fingerprint density at radius 1 is 1.26 bits per heavy atom. The van der Waals surface area contributed by atoms with E-state index >= 15 is 0 Å². The molecule has 0 aromatic rings. The zero-order chi connectivity index (χ0) is 22.8. The zero-order valence-electron chi connectivity index (χ0n) is 20.4. The molecule has 3 aliphatic carbocycles. The Hall–Kier alpha value is -0.900. The topological polar surface area (TPSA) is 60.7 Å². The molecule has 0 amide bonds. The molecule has 6 atom stereocenters. The molecular formula is C28H46O3. The lowest BCUT2D eigenvalue weighted by Crippen LogP contribution is -2.36. The van der Waals surface area contributed by atoms with Crippen LogP contribution in [-0.2, 0) is 0 Å². The maximum absolute atomic E-state index is 10.2. The molecule has 0 spiro atoms. The third kappa shape index (κ3) is 5.72. The van der Waals surface area contributed by atoms with Gasteiger partial charge in [0, 0.05) is 5.92 Å². The van der Waals surface area contributed by atoms with E-state index in [1.54, 1.807) is 5.57 Å². The minimum Gasteiger partial charge on any atom is -0.396 e. The van der Waals surface area contributed by atoms with Gasteiger partial charge in [-0.3, -0.25) is 0 Å². The van der Waals surface area contributed by atoms with Gasteiger partial charge in [0.2, 0.25) is 0 Å². The Morgan fingerprint density at radius 3 is 2.68 bits per heavy atom. The molecule has 0 radical (unpaired) electrons. The van der Waals surface area contributed by atoms with Crippen LogP contribution in [0.3, 0.4) is 0 Å². The summed E-state index contributed by atoms with van der Waals surface area (Å²) < 4.78 is 0. The molecule has 0 aromatic carbocycles. The molecule has 3 N–H and O–H groups in total. The Kier molecular flexibility index (Phi) is 7.92. The maximum Gasteiger partial charge on any atom is 0.0591 e. The fraction of sp³-hybridized carbons (Fsp3) is 0.786. The van der Waals surface area contributed by atoms with Crippen molar-refractivity contribution in [2.75, 3.05) is 6.61 Å². The van der Waals surface area contributed by atoms with Crippen LogP contribution in [0.15, 0.2) is 35.5 Å². The SMILES string of the molecule is C=C1/C(=C\C=C2/CCC[C@]3(C)[C@@H]([C@H](C)CCCC(C)(C)O)CC[C@@H]23)C[C@@H](O)C[C@@H]1CO. The summed E-state index contributed by atoms with van der Waals surface area (Å²) in [6.45, 7) is 13.1. The van der Waals surface area contributed by atoms with Gasteiger partial charge in [-0.1, -0.05) is 51.0 Å². The van der Waals surface area contributed by atoms with E-state index in [1.807, 2.05) is 13.8 Å². The van der Waals surface area contributed by atoms with E-state index in [1.165, 1.54) is 38.5 Å². The molecule has 3 saturated carbocycles. The minimum atomic E-state index is -0.554. The number of hydrogen-bond acceptors (Lipinski definition) is 3. The fourth-order valence-corrected chi connectivity index (χ4v) is 7.04. The lowest BCUT2D eigenvalue weighted by Gasteiger charge is -2.44. The molecular weight excluding hydrogens is 384 g/mol. The van der Waals surface area contributed by atoms with Crippen molar-refractivity contribution in [1.29, 1.82) is 0 Å². The molecule has 0 aromatic heterocycles. The molecule has 3 aliphatic rings. The predicted molar refractivity (Wildman–Crippen MR) is 129 cm³/mol. The van der Waals surface area contributed by atoms with Crippen LogP contribution in [0.1, 0.15) is 91.9 Å². The molecule has 3 nitrogen and oxygen atoms in total. The van der Waals surface area contributed by atoms with Crippen molar-refractivity contribution < 1.29 is 15.3 Å². The normalized spacial score (nSPS) is 38.0. The maximum atomic E-state index is 10.2. The average Bonchev–Trinajstić information content (AvgIpc) is 3.04. The molecule has 3 rings (SSSR count). The summed E-state index contributed by atoms with van der Waals surface area (Å²) in [5, 5.41) is 29.9. The first-order valence-corrected chi connectivity index (χ1v) is 12.6. The van der Waals surface area contributed by atoms with Crippen LogP contribution in [0.2, 0.25) is 0 Å². The third-order valence-corrected chi connectivity index (χ3v) is 8.81. The second-order valence-electron chi connectivity index (χ2n) is 11.7. The van der Waals surface area contributed by atoms with Gasteiger partial charge in [-0.15, -0.1) is 0 Å². The number of aliphatic hydroxyl groups is 3. The monoisotopic (exact) mass is 430 g/mol. The Balaban J connectivity index is 1.71. The number of fused-ring (bicyclic) bond motifs is 1. The number of rotatable bonds is 7. The van der Waals surface area contributed by atoms with Gasteiger partial charge >= 0.3 is 0 Å². The highest BCUT2D eigenvalue weighted by atomic mass is 16.3. The van der Waals surface area contributed by atoms with E-state index in [4.69, 9.17) is 0 Å². The van der Waals surface area contributed by atoms with Gasteiger partial charge in [-0.05, 0) is 99.5 Å². The Bertz CT molecular complexity index is 698. The van der Waals surface area contributed by atoms with Crippen LogP contribution in [-0.4, -0.2) is 33.6 Å². The Morgan fingerprint density at radius 2 is 2.00 bits per heavy atom. The largest absolute Gasteiger partial charge is 0.396 e. The summed E-state index contributed by atoms with van der Waals surface area (Å²) in [6, 6.07) is 0. The van der Waals surface area contributed by atoms with Crippen molar-refractivity contribution in [2.45, 2.75) is 104 Å². The minimum absolute atomic E-state index is 0.00868. The van der Waals surface area contributed by atoms with Crippen molar-refractivity contribution in [2.24, 2.45) is 29.1 Å². The molecule has 0 aliphatic heterocycles. The van der Waals surface area contributed by atoms with E-state index in [-0.39, 0.29) is 18.6 Å². The van der Waals surface area contributed by atoms with Gasteiger partial charge in [-0.25, -0.2) is 0 Å². The predicted octanol–water partition coefficient (Wildman–Crippen LogP) is 5.95. The van der Waals surface area contributed by atoms with E-state index in [0.717, 1.165) is 29.9 Å². The standard InChI is InChI=1S/C28H46O3/c1-19(8-6-14-27(3,4)31)25-12-13-26-21(9-7-15-28(25,26)5)10-11-22-16-24(30)17-23(18-29)20(22)2/h10-11,19,23-26,29-31H,2,6-9,12-18H2,1,3-5H3/b21-10+,22-11-/t19-,23-,24-,25-,26+,28-/m1/s1. The smallest absolute Gasteiger partial charge is 0.0591 e. The Labute approximate surface area is 190 Å². The molecule has 0 saturated heterocycles. The first-order chi connectivity index (χ1) is 14.5. The first kappa shape index (κ1) is 24.7. The summed E-state index contributed by atoms with van der Waals surface area (Å²) in [6.07, 6.45) is 15.0. The third-order valence-electron chi connectivity index (χ3n) is 8.81. The molecule has 31 heavy (non-hydrogen) atoms. The van der Waals surface area contributed by atoms with Crippen molar-refractivity contribution in [3.05, 3.63) is 35.5 Å². The number of aliphatic hydroxyl groups excluding tert-OH is 2. The average molecular weight is 431 g/mol. The van der Waals surface area contributed by atoms with Gasteiger partial charge in [0.05, 0.1) is 18.3 Å². The fourth-order valence-electron chi connectivity index (χ4n) is 7.04. The second-order valence-corrected chi connectivity index (χ2v) is 11.7. The van der Waals surface area contributed by atoms with Crippen LogP contribution in [0.25, 0.3) is 0 Å². The molecule has 0 heterocycles. The van der Waals surface area contributed by atoms with Crippen LogP contribution < -0.4 is 0 Å². The quantitative estimate of drug-likeness (QED) is 0.467. The highest BCUT2D eigenvalue weighted by molar-refractivity contribution is 5.38. The molecule has 176 valence electrons. The summed E-state index contributed by atoms with van der Waals surface area (Å²) in [5.41, 5.74) is 3.54. The number of hydrogen-bond donors (Lipinski definition) is 3. The zero-order valence-corrected chi connectivity index (χ0v) is 20.4. The lowest BCUT2D eigenvalue weighted by molar-refractivity contribution is 0.0596. The van der Waals surface area contributed by atoms with Crippen LogP contribution in [0.4, 0.5) is 0 Å². The summed E-state index contributed by atoms with van der Waals surface area (Å²) in [4.78, 5) is 0. The van der Waals surface area contributed by atoms with Gasteiger partial charge < -0.3 is 15.3 Å². The number of allylic oxidation sites excluding steroid dienone is 3. The molecule has 0 unspecified atom stereocenters. The van der Waals surface area contributed by atoms with Crippen LogP contribution in [0, 0.1) is 29.1 Å². The van der Waals surface area contributed by atoms with Gasteiger partial charge in [-0.2, -0.15) is 0 Å². The van der Waals surface area contributed by atoms with Crippen molar-refractivity contribution >= 4 is 0 Å². The molecule has 3 heteroatoms. The van der Waals surface area contributed by atoms with Crippen molar-refractivity contribution in [3.8, 4) is 0 Å². The lowest BCUT2D eigenvalue weighted by atomic mass is 9.60. The summed E-state index contributed by atoms with van der Waals surface area (Å²) in [7, 11) is 0. The second kappa shape index (κ2) is 9.93. The van der Waals surface area contributed by atoms with Crippen LogP contribution >= 0.6 is 0 Å². The van der Waals surface area contributed by atoms with E-state index in [2.05, 4.69) is 32.6 Å². The highest BCUT2D eigenvalue weighted by Gasteiger charge is 2.50. The summed E-state index contributed by atoms with van der Waals surface area (Å²) in [5.74, 6) is 2.12. The highest BCUT2D eigenvalue weighted by Crippen LogP contribution is 2.60. The van der Waals surface area contributed by atoms with Gasteiger partial charge in [0.25, 0.3) is 0 Å². The van der Waals surface area contributed by atoms with Gasteiger partial charge in [0.15, 0.2) is 0 Å². The van der Waals surface area contributed by atoms with Gasteiger partial charge in [0.1, 0.15) is 0 Å². The first-order valence-electron chi connectivity index (χ1n) is 12.6. The molecule has 0 bridgehead atoms. The van der Waals surface area contributed by atoms with Crippen molar-refractivity contribution in [3.63, 3.8) is 0 Å². The van der Waals surface area contributed by atoms with Crippen molar-refractivity contribution in [1.82, 2.24) is 0 Å². The molecule has 3 fully saturated rings. The summed E-state index contributed by atoms with van der Waals surface area (Å²) >= 11 is 0. The van der Waals surface area contributed by atoms with E-state index < -0.39 is 5.60 Å².